The number of hydrogen-bond acceptors (Lipinski definition) is 3. The maximum absolute atomic E-state index is 6.31. The van der Waals surface area contributed by atoms with Crippen LogP contribution in [0.4, 0.5) is 0 Å². The van der Waals surface area contributed by atoms with Gasteiger partial charge in [0.2, 0.25) is 0 Å². The van der Waals surface area contributed by atoms with Crippen molar-refractivity contribution in [2.24, 2.45) is 0 Å². The number of nitrogens with zero attached hydrogens (tertiary/aromatic N) is 3. The summed E-state index contributed by atoms with van der Waals surface area (Å²) in [6, 6.07) is 49.0. The Hall–Kier alpha value is -6.63. The van der Waals surface area contributed by atoms with Gasteiger partial charge >= 0.3 is 0 Å². The topological polar surface area (TPSA) is 38.7 Å². The third kappa shape index (κ3) is 4.43. The number of terminal acetylenes is 1. The van der Waals surface area contributed by atoms with Gasteiger partial charge in [-0.05, 0) is 75.7 Å². The standard InChI is InChI=1S/C47H31N3/c1-3-14-40-36(4-2)37-20-8-10-22-41(37)47(40)42-23-11-9-21-38(42)39-25-24-34(28-43(39)47)45-29-44(49-46(50-45)31-15-6-5-7-16-31)33-18-12-17-32(27-33)35-19-13-26-48-30-35/h2-3,5-30H,1H3/b14-3-. The first-order valence-electron chi connectivity index (χ1n) is 16.8. The van der Waals surface area contributed by atoms with Crippen molar-refractivity contribution in [3.8, 4) is 68.5 Å². The highest BCUT2D eigenvalue weighted by Crippen LogP contribution is 2.62. The first kappa shape index (κ1) is 29.5. The smallest absolute Gasteiger partial charge is 0.160 e. The summed E-state index contributed by atoms with van der Waals surface area (Å²) >= 11 is 0. The Bertz CT molecular complexity index is 2560. The van der Waals surface area contributed by atoms with Crippen LogP contribution in [-0.4, -0.2) is 15.0 Å². The number of rotatable bonds is 5. The third-order valence-electron chi connectivity index (χ3n) is 10.0. The van der Waals surface area contributed by atoms with E-state index in [9.17, 15) is 0 Å². The number of fused-ring (bicyclic) bond motifs is 7. The average Bonchev–Trinajstić information content (AvgIpc) is 3.64. The zero-order valence-corrected chi connectivity index (χ0v) is 27.5. The van der Waals surface area contributed by atoms with Crippen LogP contribution in [-0.2, 0) is 5.41 Å². The van der Waals surface area contributed by atoms with E-state index in [1.165, 1.54) is 27.8 Å². The molecule has 0 aliphatic heterocycles. The van der Waals surface area contributed by atoms with Crippen molar-refractivity contribution in [1.29, 1.82) is 0 Å². The van der Waals surface area contributed by atoms with Crippen molar-refractivity contribution in [2.45, 2.75) is 12.3 Å². The highest BCUT2D eigenvalue weighted by Gasteiger charge is 2.52. The van der Waals surface area contributed by atoms with Gasteiger partial charge in [0.25, 0.3) is 0 Å². The lowest BCUT2D eigenvalue weighted by atomic mass is 9.69. The molecule has 1 unspecified atom stereocenters. The van der Waals surface area contributed by atoms with E-state index in [0.29, 0.717) is 5.82 Å². The lowest BCUT2D eigenvalue weighted by Crippen LogP contribution is -2.26. The SMILES string of the molecule is C#CC1=C(/C=C\C)C2(c3ccccc31)c1ccccc1-c1ccc(-c3cc(-c4cccc(-c5cccnc5)c4)nc(-c4ccccc4)n3)cc12. The van der Waals surface area contributed by atoms with Crippen LogP contribution < -0.4 is 0 Å². The summed E-state index contributed by atoms with van der Waals surface area (Å²) in [6.07, 6.45) is 14.3. The van der Waals surface area contributed by atoms with Crippen LogP contribution in [0.2, 0.25) is 0 Å². The van der Waals surface area contributed by atoms with Crippen LogP contribution in [0.5, 0.6) is 0 Å². The number of allylic oxidation sites excluding steroid dienone is 4. The molecule has 0 radical (unpaired) electrons. The number of pyridine rings is 1. The van der Waals surface area contributed by atoms with Crippen LogP contribution in [0, 0.1) is 12.3 Å². The van der Waals surface area contributed by atoms with Crippen LogP contribution in [0.1, 0.15) is 29.2 Å². The fourth-order valence-corrected chi connectivity index (χ4v) is 7.91. The monoisotopic (exact) mass is 637 g/mol. The number of hydrogen-bond donors (Lipinski definition) is 0. The van der Waals surface area contributed by atoms with Gasteiger partial charge in [-0.3, -0.25) is 4.98 Å². The van der Waals surface area contributed by atoms with E-state index in [2.05, 4.69) is 145 Å². The second kappa shape index (κ2) is 11.8. The van der Waals surface area contributed by atoms with Gasteiger partial charge in [0, 0.05) is 40.2 Å². The minimum absolute atomic E-state index is 0.553. The summed E-state index contributed by atoms with van der Waals surface area (Å²) in [5, 5.41) is 0. The first-order valence-corrected chi connectivity index (χ1v) is 16.8. The van der Waals surface area contributed by atoms with Crippen molar-refractivity contribution in [3.05, 3.63) is 192 Å². The molecule has 1 spiro atoms. The predicted octanol–water partition coefficient (Wildman–Crippen LogP) is 10.8. The van der Waals surface area contributed by atoms with Crippen LogP contribution in [0.25, 0.3) is 61.7 Å². The molecule has 0 amide bonds. The molecule has 50 heavy (non-hydrogen) atoms. The number of benzene rings is 5. The van der Waals surface area contributed by atoms with Gasteiger partial charge in [0.05, 0.1) is 16.8 Å². The van der Waals surface area contributed by atoms with Gasteiger partial charge in [0.15, 0.2) is 5.82 Å². The van der Waals surface area contributed by atoms with Crippen molar-refractivity contribution in [2.75, 3.05) is 0 Å². The van der Waals surface area contributed by atoms with Gasteiger partial charge in [-0.25, -0.2) is 9.97 Å². The minimum Gasteiger partial charge on any atom is -0.264 e. The maximum atomic E-state index is 6.31. The van der Waals surface area contributed by atoms with Crippen molar-refractivity contribution in [3.63, 3.8) is 0 Å². The van der Waals surface area contributed by atoms with Crippen LogP contribution in [0.15, 0.2) is 170 Å². The molecule has 5 aromatic carbocycles. The van der Waals surface area contributed by atoms with Gasteiger partial charge < -0.3 is 0 Å². The second-order valence-corrected chi connectivity index (χ2v) is 12.7. The van der Waals surface area contributed by atoms with Crippen molar-refractivity contribution >= 4 is 5.57 Å². The van der Waals surface area contributed by atoms with E-state index in [1.807, 2.05) is 30.5 Å². The lowest BCUT2D eigenvalue weighted by molar-refractivity contribution is 0.786. The first-order chi connectivity index (χ1) is 24.7. The van der Waals surface area contributed by atoms with E-state index in [4.69, 9.17) is 16.4 Å². The summed E-state index contributed by atoms with van der Waals surface area (Å²) < 4.78 is 0. The molecule has 3 nitrogen and oxygen atoms in total. The van der Waals surface area contributed by atoms with Crippen LogP contribution >= 0.6 is 0 Å². The van der Waals surface area contributed by atoms with E-state index in [0.717, 1.165) is 55.9 Å². The molecule has 1 atom stereocenters. The molecule has 2 aliphatic carbocycles. The molecule has 7 aromatic rings. The Balaban J connectivity index is 1.29. The fourth-order valence-electron chi connectivity index (χ4n) is 7.91. The summed E-state index contributed by atoms with van der Waals surface area (Å²) in [5.74, 6) is 3.76. The van der Waals surface area contributed by atoms with E-state index in [-0.39, 0.29) is 0 Å². The summed E-state index contributed by atoms with van der Waals surface area (Å²) in [4.78, 5) is 14.7. The van der Waals surface area contributed by atoms with E-state index in [1.54, 1.807) is 6.20 Å². The average molecular weight is 638 g/mol. The zero-order chi connectivity index (χ0) is 33.7. The molecule has 3 heteroatoms. The van der Waals surface area contributed by atoms with Crippen molar-refractivity contribution in [1.82, 2.24) is 15.0 Å². The second-order valence-electron chi connectivity index (χ2n) is 12.7. The van der Waals surface area contributed by atoms with Gasteiger partial charge in [0.1, 0.15) is 0 Å². The van der Waals surface area contributed by atoms with Gasteiger partial charge in [-0.2, -0.15) is 0 Å². The molecular formula is C47H31N3. The number of aromatic nitrogens is 3. The van der Waals surface area contributed by atoms with E-state index >= 15 is 0 Å². The Morgan fingerprint density at radius 1 is 0.560 bits per heavy atom. The molecule has 2 aliphatic rings. The highest BCUT2D eigenvalue weighted by molar-refractivity contribution is 6.00. The Kier molecular flexibility index (Phi) is 6.97. The van der Waals surface area contributed by atoms with Crippen molar-refractivity contribution < 1.29 is 0 Å². The normalized spacial score (nSPS) is 15.6. The maximum Gasteiger partial charge on any atom is 0.160 e. The largest absolute Gasteiger partial charge is 0.264 e. The molecule has 0 bridgehead atoms. The molecular weight excluding hydrogens is 607 g/mol. The molecule has 234 valence electrons. The molecule has 2 aromatic heterocycles. The third-order valence-corrected chi connectivity index (χ3v) is 10.0. The Morgan fingerprint density at radius 2 is 1.20 bits per heavy atom. The van der Waals surface area contributed by atoms with Crippen LogP contribution in [0.3, 0.4) is 0 Å². The summed E-state index contributed by atoms with van der Waals surface area (Å²) in [5.41, 5.74) is 15.6. The molecule has 0 saturated heterocycles. The zero-order valence-electron chi connectivity index (χ0n) is 27.5. The summed E-state index contributed by atoms with van der Waals surface area (Å²) in [7, 11) is 0. The Morgan fingerprint density at radius 3 is 1.94 bits per heavy atom. The molecule has 9 rings (SSSR count). The quantitative estimate of drug-likeness (QED) is 0.176. The van der Waals surface area contributed by atoms with Gasteiger partial charge in [-0.1, -0.05) is 133 Å². The fraction of sp³-hybridized carbons (Fsp3) is 0.0426. The van der Waals surface area contributed by atoms with E-state index < -0.39 is 5.41 Å². The lowest BCUT2D eigenvalue weighted by Gasteiger charge is -2.31. The Labute approximate surface area is 292 Å². The van der Waals surface area contributed by atoms with Gasteiger partial charge in [-0.15, -0.1) is 6.42 Å². The molecule has 0 saturated carbocycles. The molecule has 0 N–H and O–H groups in total. The predicted molar refractivity (Wildman–Crippen MR) is 204 cm³/mol. The minimum atomic E-state index is -0.553. The summed E-state index contributed by atoms with van der Waals surface area (Å²) in [6.45, 7) is 2.06. The molecule has 0 fully saturated rings. The highest BCUT2D eigenvalue weighted by atomic mass is 14.9. The molecule has 2 heterocycles.